The van der Waals surface area contributed by atoms with Gasteiger partial charge in [-0.2, -0.15) is 11.8 Å². The lowest BCUT2D eigenvalue weighted by atomic mass is 10.0. The monoisotopic (exact) mass is 214 g/mol. The van der Waals surface area contributed by atoms with Crippen molar-refractivity contribution in [3.8, 4) is 0 Å². The molecule has 0 saturated carbocycles. The van der Waals surface area contributed by atoms with Crippen molar-refractivity contribution in [3.05, 3.63) is 0 Å². The molecule has 2 aliphatic heterocycles. The van der Waals surface area contributed by atoms with Crippen LogP contribution in [0.1, 0.15) is 27.2 Å². The lowest BCUT2D eigenvalue weighted by Gasteiger charge is -2.42. The molecule has 3 heteroatoms. The average molecular weight is 214 g/mol. The molecule has 0 radical (unpaired) electrons. The van der Waals surface area contributed by atoms with Crippen LogP contribution in [0.3, 0.4) is 0 Å². The van der Waals surface area contributed by atoms with Gasteiger partial charge in [-0.15, -0.1) is 0 Å². The molecule has 0 aromatic heterocycles. The largest absolute Gasteiger partial charge is 0.311 e. The molecule has 0 aromatic rings. The van der Waals surface area contributed by atoms with Gasteiger partial charge in [-0.1, -0.05) is 6.92 Å². The molecule has 0 aliphatic carbocycles. The molecule has 1 N–H and O–H groups in total. The van der Waals surface area contributed by atoms with Crippen LogP contribution < -0.4 is 5.32 Å². The first kappa shape index (κ1) is 10.8. The molecule has 0 bridgehead atoms. The first-order valence-electron chi connectivity index (χ1n) is 5.79. The van der Waals surface area contributed by atoms with Gasteiger partial charge in [0.05, 0.1) is 0 Å². The molecule has 2 nitrogen and oxygen atoms in total. The van der Waals surface area contributed by atoms with E-state index in [9.17, 15) is 0 Å². The second-order valence-electron chi connectivity index (χ2n) is 4.79. The summed E-state index contributed by atoms with van der Waals surface area (Å²) in [5.41, 5.74) is 0. The van der Waals surface area contributed by atoms with Crippen molar-refractivity contribution in [3.63, 3.8) is 0 Å². The summed E-state index contributed by atoms with van der Waals surface area (Å²) in [4.78, 5) is 2.73. The number of nitrogens with one attached hydrogen (secondary N) is 1. The Morgan fingerprint density at radius 1 is 1.29 bits per heavy atom. The van der Waals surface area contributed by atoms with Crippen LogP contribution in [0.2, 0.25) is 0 Å². The van der Waals surface area contributed by atoms with Crippen molar-refractivity contribution in [2.75, 3.05) is 18.8 Å². The number of rotatable bonds is 1. The Labute approximate surface area is 91.8 Å². The van der Waals surface area contributed by atoms with E-state index < -0.39 is 0 Å². The van der Waals surface area contributed by atoms with Gasteiger partial charge in [-0.05, 0) is 26.0 Å². The van der Waals surface area contributed by atoms with Gasteiger partial charge in [0.2, 0.25) is 0 Å². The van der Waals surface area contributed by atoms with Crippen LogP contribution in [-0.4, -0.2) is 47.1 Å². The fraction of sp³-hybridized carbons (Fsp3) is 1.00. The molecule has 2 saturated heterocycles. The summed E-state index contributed by atoms with van der Waals surface area (Å²) in [7, 11) is 0. The maximum Gasteiger partial charge on any atom is 0.0223 e. The van der Waals surface area contributed by atoms with Gasteiger partial charge >= 0.3 is 0 Å². The second-order valence-corrected chi connectivity index (χ2v) is 6.27. The Morgan fingerprint density at radius 2 is 2.07 bits per heavy atom. The lowest BCUT2D eigenvalue weighted by molar-refractivity contribution is 0.0966. The zero-order chi connectivity index (χ0) is 10.1. The molecule has 2 aliphatic rings. The summed E-state index contributed by atoms with van der Waals surface area (Å²) in [5, 5.41) is 4.39. The molecule has 4 atom stereocenters. The summed E-state index contributed by atoms with van der Waals surface area (Å²) in [6.07, 6.45) is 1.39. The van der Waals surface area contributed by atoms with E-state index in [1.807, 2.05) is 0 Å². The second kappa shape index (κ2) is 4.42. The number of nitrogens with zero attached hydrogens (tertiary/aromatic N) is 1. The predicted molar refractivity (Wildman–Crippen MR) is 64.0 cm³/mol. The Balaban J connectivity index is 2.00. The van der Waals surface area contributed by atoms with Crippen LogP contribution >= 0.6 is 11.8 Å². The standard InChI is InChI=1S/C11H22N2S/c1-8-7-13(9(2)6-12-8)11-4-5-14-10(11)3/h8-12H,4-7H2,1-3H3. The van der Waals surface area contributed by atoms with Crippen molar-refractivity contribution in [1.29, 1.82) is 0 Å². The van der Waals surface area contributed by atoms with E-state index in [1.54, 1.807) is 0 Å². The highest BCUT2D eigenvalue weighted by Gasteiger charge is 2.34. The van der Waals surface area contributed by atoms with Crippen molar-refractivity contribution in [2.24, 2.45) is 0 Å². The number of hydrogen-bond donors (Lipinski definition) is 1. The van der Waals surface area contributed by atoms with Crippen LogP contribution in [0.5, 0.6) is 0 Å². The molecule has 0 aromatic carbocycles. The maximum atomic E-state index is 3.55. The predicted octanol–water partition coefficient (Wildman–Crippen LogP) is 1.56. The Kier molecular flexibility index (Phi) is 3.40. The molecule has 82 valence electrons. The van der Waals surface area contributed by atoms with Crippen molar-refractivity contribution >= 4 is 11.8 Å². The van der Waals surface area contributed by atoms with Crippen LogP contribution in [0.4, 0.5) is 0 Å². The molecular weight excluding hydrogens is 192 g/mol. The molecule has 2 rings (SSSR count). The fourth-order valence-corrected chi connectivity index (χ4v) is 3.93. The van der Waals surface area contributed by atoms with E-state index in [0.717, 1.165) is 23.9 Å². The topological polar surface area (TPSA) is 15.3 Å². The minimum Gasteiger partial charge on any atom is -0.311 e. The highest BCUT2D eigenvalue weighted by molar-refractivity contribution is 8.00. The molecular formula is C11H22N2S. The normalized spacial score (nSPS) is 45.6. The molecule has 14 heavy (non-hydrogen) atoms. The third kappa shape index (κ3) is 2.10. The number of piperazine rings is 1. The number of thioether (sulfide) groups is 1. The van der Waals surface area contributed by atoms with E-state index in [0.29, 0.717) is 6.04 Å². The summed E-state index contributed by atoms with van der Waals surface area (Å²) < 4.78 is 0. The van der Waals surface area contributed by atoms with Crippen molar-refractivity contribution < 1.29 is 0 Å². The average Bonchev–Trinajstić information content (AvgIpc) is 2.56. The van der Waals surface area contributed by atoms with E-state index in [-0.39, 0.29) is 0 Å². The maximum absolute atomic E-state index is 3.55. The highest BCUT2D eigenvalue weighted by Crippen LogP contribution is 2.31. The van der Waals surface area contributed by atoms with Crippen molar-refractivity contribution in [1.82, 2.24) is 10.2 Å². The van der Waals surface area contributed by atoms with Gasteiger partial charge < -0.3 is 5.32 Å². The van der Waals surface area contributed by atoms with Gasteiger partial charge in [-0.3, -0.25) is 4.90 Å². The highest BCUT2D eigenvalue weighted by atomic mass is 32.2. The minimum atomic E-state index is 0.670. The first-order chi connectivity index (χ1) is 6.68. The quantitative estimate of drug-likeness (QED) is 0.713. The third-order valence-electron chi connectivity index (χ3n) is 3.57. The zero-order valence-corrected chi connectivity index (χ0v) is 10.3. The van der Waals surface area contributed by atoms with Crippen LogP contribution in [0, 0.1) is 0 Å². The first-order valence-corrected chi connectivity index (χ1v) is 6.84. The van der Waals surface area contributed by atoms with Gasteiger partial charge in [0, 0.05) is 36.5 Å². The van der Waals surface area contributed by atoms with Crippen molar-refractivity contribution in [2.45, 2.75) is 50.6 Å². The smallest absolute Gasteiger partial charge is 0.0223 e. The molecule has 0 spiro atoms. The van der Waals surface area contributed by atoms with E-state index in [1.165, 1.54) is 18.7 Å². The molecule has 4 unspecified atom stereocenters. The summed E-state index contributed by atoms with van der Waals surface area (Å²) in [6.45, 7) is 9.44. The number of hydrogen-bond acceptors (Lipinski definition) is 3. The third-order valence-corrected chi connectivity index (χ3v) is 4.89. The van der Waals surface area contributed by atoms with Crippen LogP contribution in [0.15, 0.2) is 0 Å². The van der Waals surface area contributed by atoms with E-state index in [4.69, 9.17) is 0 Å². The molecule has 2 heterocycles. The Hall–Kier alpha value is 0.270. The fourth-order valence-electron chi connectivity index (χ4n) is 2.67. The molecule has 0 amide bonds. The summed E-state index contributed by atoms with van der Waals surface area (Å²) >= 11 is 2.14. The van der Waals surface area contributed by atoms with Gasteiger partial charge in [0.15, 0.2) is 0 Å². The van der Waals surface area contributed by atoms with Gasteiger partial charge in [0.1, 0.15) is 0 Å². The van der Waals surface area contributed by atoms with Crippen LogP contribution in [0.25, 0.3) is 0 Å². The Bertz CT molecular complexity index is 198. The van der Waals surface area contributed by atoms with Gasteiger partial charge in [0.25, 0.3) is 0 Å². The minimum absolute atomic E-state index is 0.670. The van der Waals surface area contributed by atoms with Gasteiger partial charge in [-0.25, -0.2) is 0 Å². The zero-order valence-electron chi connectivity index (χ0n) is 9.49. The van der Waals surface area contributed by atoms with E-state index in [2.05, 4.69) is 42.7 Å². The van der Waals surface area contributed by atoms with Crippen LogP contribution in [-0.2, 0) is 0 Å². The SMILES string of the molecule is CC1CN(C2CCSC2C)C(C)CN1. The van der Waals surface area contributed by atoms with E-state index >= 15 is 0 Å². The summed E-state index contributed by atoms with van der Waals surface area (Å²) in [5.74, 6) is 1.36. The lowest BCUT2D eigenvalue weighted by Crippen LogP contribution is -2.58. The molecule has 2 fully saturated rings. The Morgan fingerprint density at radius 3 is 2.71 bits per heavy atom. The summed E-state index contributed by atoms with van der Waals surface area (Å²) in [6, 6.07) is 2.22.